The molecule has 1 heterocycles. The van der Waals surface area contributed by atoms with Crippen LogP contribution in [0.5, 0.6) is 0 Å². The molecule has 2 rings (SSSR count). The second-order valence-corrected chi connectivity index (χ2v) is 5.93. The predicted molar refractivity (Wildman–Crippen MR) is 74.1 cm³/mol. The Morgan fingerprint density at radius 2 is 2.06 bits per heavy atom. The Balaban J connectivity index is 2.04. The summed E-state index contributed by atoms with van der Waals surface area (Å²) in [6.07, 6.45) is 2.15. The zero-order valence-corrected chi connectivity index (χ0v) is 12.2. The summed E-state index contributed by atoms with van der Waals surface area (Å²) >= 11 is 3.36. The molecule has 0 atom stereocenters. The van der Waals surface area contributed by atoms with Crippen LogP contribution in [0.15, 0.2) is 22.7 Å². The van der Waals surface area contributed by atoms with E-state index in [2.05, 4.69) is 27.8 Å². The Morgan fingerprint density at radius 1 is 1.39 bits per heavy atom. The molecule has 0 bridgehead atoms. The number of nitrogens with zero attached hydrogens (tertiary/aromatic N) is 1. The molecule has 0 aromatic heterocycles. The van der Waals surface area contributed by atoms with Crippen molar-refractivity contribution in [1.29, 1.82) is 0 Å². The fraction of sp³-hybridized carbons (Fsp3) is 0.571. The summed E-state index contributed by atoms with van der Waals surface area (Å²) in [6, 6.07) is 4.66. The first kappa shape index (κ1) is 14.0. The highest BCUT2D eigenvalue weighted by molar-refractivity contribution is 9.10. The molecule has 0 spiro atoms. The van der Waals surface area contributed by atoms with Crippen molar-refractivity contribution >= 4 is 15.9 Å². The predicted octanol–water partition coefficient (Wildman–Crippen LogP) is 2.98. The Labute approximate surface area is 116 Å². The maximum Gasteiger partial charge on any atom is 0.124 e. The molecule has 1 aliphatic heterocycles. The van der Waals surface area contributed by atoms with Crippen LogP contribution in [0.3, 0.4) is 0 Å². The van der Waals surface area contributed by atoms with E-state index in [0.29, 0.717) is 6.42 Å². The highest BCUT2D eigenvalue weighted by Crippen LogP contribution is 2.29. The highest BCUT2D eigenvalue weighted by atomic mass is 79.9. The lowest BCUT2D eigenvalue weighted by molar-refractivity contribution is -0.0195. The van der Waals surface area contributed by atoms with Crippen molar-refractivity contribution in [3.63, 3.8) is 0 Å². The van der Waals surface area contributed by atoms with Crippen LogP contribution >= 0.6 is 15.9 Å². The van der Waals surface area contributed by atoms with Crippen LogP contribution in [0.25, 0.3) is 0 Å². The summed E-state index contributed by atoms with van der Waals surface area (Å²) in [7, 11) is 0. The number of benzene rings is 1. The quantitative estimate of drug-likeness (QED) is 0.927. The van der Waals surface area contributed by atoms with Gasteiger partial charge in [-0.05, 0) is 37.1 Å². The summed E-state index contributed by atoms with van der Waals surface area (Å²) < 4.78 is 13.8. The molecule has 1 aliphatic rings. The summed E-state index contributed by atoms with van der Waals surface area (Å²) in [5.41, 5.74) is 0.329. The van der Waals surface area contributed by atoms with Crippen LogP contribution in [-0.2, 0) is 6.42 Å². The van der Waals surface area contributed by atoms with Gasteiger partial charge in [0.25, 0.3) is 0 Å². The zero-order valence-electron chi connectivity index (χ0n) is 10.6. The van der Waals surface area contributed by atoms with Crippen LogP contribution < -0.4 is 0 Å². The van der Waals surface area contributed by atoms with E-state index in [9.17, 15) is 9.50 Å². The van der Waals surface area contributed by atoms with Gasteiger partial charge in [-0.1, -0.05) is 28.9 Å². The van der Waals surface area contributed by atoms with E-state index in [1.807, 2.05) is 0 Å². The number of hydrogen-bond acceptors (Lipinski definition) is 2. The summed E-state index contributed by atoms with van der Waals surface area (Å²) in [5.74, 6) is -0.251. The largest absolute Gasteiger partial charge is 0.389 e. The van der Waals surface area contributed by atoms with Gasteiger partial charge in [0.15, 0.2) is 0 Å². The average Bonchev–Trinajstić information content (AvgIpc) is 2.34. The summed E-state index contributed by atoms with van der Waals surface area (Å²) in [4.78, 5) is 2.34. The van der Waals surface area contributed by atoms with E-state index in [-0.39, 0.29) is 5.82 Å². The monoisotopic (exact) mass is 315 g/mol. The second kappa shape index (κ2) is 5.68. The van der Waals surface area contributed by atoms with E-state index < -0.39 is 5.60 Å². The molecule has 1 aromatic carbocycles. The molecule has 1 aromatic rings. The zero-order chi connectivity index (χ0) is 13.2. The maximum atomic E-state index is 13.0. The molecule has 0 aliphatic carbocycles. The maximum absolute atomic E-state index is 13.0. The van der Waals surface area contributed by atoms with Gasteiger partial charge in [-0.15, -0.1) is 0 Å². The minimum Gasteiger partial charge on any atom is -0.389 e. The topological polar surface area (TPSA) is 23.5 Å². The molecule has 0 amide bonds. The minimum absolute atomic E-state index is 0.251. The SMILES string of the molecule is CCN1CCC(O)(Cc2ccc(F)cc2Br)CC1. The standard InChI is InChI=1S/C14H19BrFNO/c1-2-17-7-5-14(18,6-8-17)10-11-3-4-12(16)9-13(11)15/h3-4,9,18H,2,5-8,10H2,1H3. The molecule has 1 N–H and O–H groups in total. The minimum atomic E-state index is -0.647. The van der Waals surface area contributed by atoms with Gasteiger partial charge < -0.3 is 10.0 Å². The Hall–Kier alpha value is -0.450. The lowest BCUT2D eigenvalue weighted by atomic mass is 9.85. The summed E-state index contributed by atoms with van der Waals surface area (Å²) in [6.45, 7) is 5.05. The first-order valence-corrected chi connectivity index (χ1v) is 7.20. The van der Waals surface area contributed by atoms with E-state index in [1.165, 1.54) is 12.1 Å². The van der Waals surface area contributed by atoms with Gasteiger partial charge in [-0.3, -0.25) is 0 Å². The molecule has 0 saturated carbocycles. The second-order valence-electron chi connectivity index (χ2n) is 5.07. The van der Waals surface area contributed by atoms with E-state index >= 15 is 0 Å². The van der Waals surface area contributed by atoms with Gasteiger partial charge in [0.1, 0.15) is 5.82 Å². The molecule has 0 unspecified atom stereocenters. The van der Waals surface area contributed by atoms with E-state index in [4.69, 9.17) is 0 Å². The van der Waals surface area contributed by atoms with Gasteiger partial charge >= 0.3 is 0 Å². The molecule has 1 saturated heterocycles. The van der Waals surface area contributed by atoms with E-state index in [0.717, 1.165) is 42.5 Å². The molecular formula is C14H19BrFNO. The molecule has 2 nitrogen and oxygen atoms in total. The van der Waals surface area contributed by atoms with Gasteiger partial charge in [-0.25, -0.2) is 4.39 Å². The van der Waals surface area contributed by atoms with Crippen molar-refractivity contribution in [2.75, 3.05) is 19.6 Å². The van der Waals surface area contributed by atoms with Crippen molar-refractivity contribution in [2.45, 2.75) is 31.8 Å². The van der Waals surface area contributed by atoms with Gasteiger partial charge in [-0.2, -0.15) is 0 Å². The molecule has 1 fully saturated rings. The van der Waals surface area contributed by atoms with Gasteiger partial charge in [0.2, 0.25) is 0 Å². The smallest absolute Gasteiger partial charge is 0.124 e. The molecular weight excluding hydrogens is 297 g/mol. The fourth-order valence-electron chi connectivity index (χ4n) is 2.48. The van der Waals surface area contributed by atoms with Crippen LogP contribution in [-0.4, -0.2) is 35.2 Å². The Bertz CT molecular complexity index is 416. The first-order chi connectivity index (χ1) is 8.52. The van der Waals surface area contributed by atoms with Crippen molar-refractivity contribution in [2.24, 2.45) is 0 Å². The van der Waals surface area contributed by atoms with Crippen molar-refractivity contribution in [3.05, 3.63) is 34.1 Å². The summed E-state index contributed by atoms with van der Waals surface area (Å²) in [5, 5.41) is 10.6. The third kappa shape index (κ3) is 3.31. The first-order valence-electron chi connectivity index (χ1n) is 6.41. The number of hydrogen-bond donors (Lipinski definition) is 1. The Morgan fingerprint density at radius 3 is 2.61 bits per heavy atom. The van der Waals surface area contributed by atoms with Crippen LogP contribution in [0, 0.1) is 5.82 Å². The van der Waals surface area contributed by atoms with Crippen LogP contribution in [0.1, 0.15) is 25.3 Å². The number of aliphatic hydroxyl groups is 1. The molecule has 4 heteroatoms. The third-order valence-corrected chi connectivity index (χ3v) is 4.51. The lowest BCUT2D eigenvalue weighted by Crippen LogP contribution is -2.45. The molecule has 18 heavy (non-hydrogen) atoms. The molecule has 0 radical (unpaired) electrons. The highest BCUT2D eigenvalue weighted by Gasteiger charge is 2.32. The average molecular weight is 316 g/mol. The normalized spacial score (nSPS) is 20.0. The van der Waals surface area contributed by atoms with Crippen LogP contribution in [0.2, 0.25) is 0 Å². The third-order valence-electron chi connectivity index (χ3n) is 3.77. The number of likely N-dealkylation sites (tertiary alicyclic amines) is 1. The number of rotatable bonds is 3. The number of halogens is 2. The lowest BCUT2D eigenvalue weighted by Gasteiger charge is -2.38. The van der Waals surface area contributed by atoms with Gasteiger partial charge in [0.05, 0.1) is 5.60 Å². The van der Waals surface area contributed by atoms with Gasteiger partial charge in [0, 0.05) is 24.0 Å². The fourth-order valence-corrected chi connectivity index (χ4v) is 2.97. The van der Waals surface area contributed by atoms with Crippen LogP contribution in [0.4, 0.5) is 4.39 Å². The van der Waals surface area contributed by atoms with E-state index in [1.54, 1.807) is 6.07 Å². The Kier molecular flexibility index (Phi) is 4.41. The van der Waals surface area contributed by atoms with Crippen molar-refractivity contribution in [3.8, 4) is 0 Å². The van der Waals surface area contributed by atoms with Crippen molar-refractivity contribution in [1.82, 2.24) is 4.90 Å². The number of piperidine rings is 1. The molecule has 100 valence electrons. The van der Waals surface area contributed by atoms with Crippen molar-refractivity contribution < 1.29 is 9.50 Å².